The molecule has 0 aromatic carbocycles. The second-order valence-electron chi connectivity index (χ2n) is 5.09. The van der Waals surface area contributed by atoms with Crippen molar-refractivity contribution >= 4 is 0 Å². The van der Waals surface area contributed by atoms with Crippen LogP contribution in [0.2, 0.25) is 0 Å². The van der Waals surface area contributed by atoms with Crippen molar-refractivity contribution in [1.82, 2.24) is 5.32 Å². The molecule has 1 saturated heterocycles. The van der Waals surface area contributed by atoms with Gasteiger partial charge in [0.1, 0.15) is 0 Å². The maximum absolute atomic E-state index is 3.50. The molecule has 2 fully saturated rings. The standard InChI is InChI=1S/C15H23N/c1-2-3-4-5-6-7-8-13-9-14-11-16-12-15(14)10-13/h2-7,13-16H,8-12H2,1H3/b3-2-,5-4-,7-6+. The lowest BCUT2D eigenvalue weighted by molar-refractivity contribution is 0.494. The summed E-state index contributed by atoms with van der Waals surface area (Å²) in [6.07, 6.45) is 17.0. The summed E-state index contributed by atoms with van der Waals surface area (Å²) in [6.45, 7) is 4.58. The van der Waals surface area contributed by atoms with Crippen molar-refractivity contribution in [2.24, 2.45) is 17.8 Å². The van der Waals surface area contributed by atoms with Crippen molar-refractivity contribution in [1.29, 1.82) is 0 Å². The van der Waals surface area contributed by atoms with Gasteiger partial charge < -0.3 is 5.32 Å². The number of nitrogens with one attached hydrogen (secondary N) is 1. The highest BCUT2D eigenvalue weighted by Gasteiger charge is 2.36. The molecule has 1 saturated carbocycles. The highest BCUT2D eigenvalue weighted by molar-refractivity contribution is 5.10. The molecule has 2 aliphatic rings. The van der Waals surface area contributed by atoms with Crippen LogP contribution in [0.15, 0.2) is 36.5 Å². The van der Waals surface area contributed by atoms with Gasteiger partial charge in [-0.3, -0.25) is 0 Å². The molecule has 88 valence electrons. The molecule has 1 nitrogen and oxygen atoms in total. The summed E-state index contributed by atoms with van der Waals surface area (Å²) >= 11 is 0. The van der Waals surface area contributed by atoms with E-state index >= 15 is 0 Å². The Morgan fingerprint density at radius 3 is 2.38 bits per heavy atom. The molecule has 0 bridgehead atoms. The molecule has 1 aliphatic heterocycles. The Hall–Kier alpha value is -0.820. The molecule has 1 heteroatoms. The zero-order chi connectivity index (χ0) is 11.2. The predicted octanol–water partition coefficient (Wildman–Crippen LogP) is 3.31. The molecule has 0 radical (unpaired) electrons. The molecule has 2 atom stereocenters. The number of hydrogen-bond donors (Lipinski definition) is 1. The highest BCUT2D eigenvalue weighted by atomic mass is 14.9. The van der Waals surface area contributed by atoms with E-state index in [2.05, 4.69) is 41.8 Å². The number of rotatable bonds is 4. The predicted molar refractivity (Wildman–Crippen MR) is 70.3 cm³/mol. The first-order chi connectivity index (χ1) is 7.90. The third-order valence-corrected chi connectivity index (χ3v) is 3.88. The first-order valence-corrected chi connectivity index (χ1v) is 6.55. The Balaban J connectivity index is 1.67. The van der Waals surface area contributed by atoms with Crippen LogP contribution in [0.5, 0.6) is 0 Å². The minimum absolute atomic E-state index is 0.948. The Morgan fingerprint density at radius 1 is 1.00 bits per heavy atom. The number of fused-ring (bicyclic) bond motifs is 1. The van der Waals surface area contributed by atoms with E-state index in [0.29, 0.717) is 0 Å². The zero-order valence-corrected chi connectivity index (χ0v) is 10.2. The summed E-state index contributed by atoms with van der Waals surface area (Å²) in [6, 6.07) is 0. The molecular weight excluding hydrogens is 194 g/mol. The van der Waals surface area contributed by atoms with Crippen molar-refractivity contribution in [2.75, 3.05) is 13.1 Å². The molecule has 1 heterocycles. The molecule has 16 heavy (non-hydrogen) atoms. The van der Waals surface area contributed by atoms with Crippen LogP contribution in [-0.2, 0) is 0 Å². The molecule has 1 N–H and O–H groups in total. The Kier molecular flexibility index (Phi) is 4.41. The summed E-state index contributed by atoms with van der Waals surface area (Å²) in [5.41, 5.74) is 0. The van der Waals surface area contributed by atoms with Crippen LogP contribution in [-0.4, -0.2) is 13.1 Å². The zero-order valence-electron chi connectivity index (χ0n) is 10.2. The molecule has 0 spiro atoms. The van der Waals surface area contributed by atoms with E-state index in [4.69, 9.17) is 0 Å². The van der Waals surface area contributed by atoms with Gasteiger partial charge in [0.25, 0.3) is 0 Å². The van der Waals surface area contributed by atoms with Crippen LogP contribution in [0, 0.1) is 17.8 Å². The van der Waals surface area contributed by atoms with Gasteiger partial charge in [0.05, 0.1) is 0 Å². The highest BCUT2D eigenvalue weighted by Crippen LogP contribution is 2.40. The number of allylic oxidation sites excluding steroid dienone is 6. The molecule has 0 aromatic rings. The summed E-state index contributed by atoms with van der Waals surface area (Å²) in [7, 11) is 0. The molecule has 1 aliphatic carbocycles. The Bertz CT molecular complexity index is 276. The maximum atomic E-state index is 3.50. The van der Waals surface area contributed by atoms with Crippen LogP contribution in [0.1, 0.15) is 26.2 Å². The second kappa shape index (κ2) is 6.05. The fourth-order valence-corrected chi connectivity index (χ4v) is 3.07. The third-order valence-electron chi connectivity index (χ3n) is 3.88. The minimum Gasteiger partial charge on any atom is -0.316 e. The van der Waals surface area contributed by atoms with Crippen LogP contribution < -0.4 is 5.32 Å². The van der Waals surface area contributed by atoms with E-state index in [1.54, 1.807) is 0 Å². The van der Waals surface area contributed by atoms with Crippen molar-refractivity contribution in [3.63, 3.8) is 0 Å². The van der Waals surface area contributed by atoms with Crippen molar-refractivity contribution in [3.05, 3.63) is 36.5 Å². The topological polar surface area (TPSA) is 12.0 Å². The van der Waals surface area contributed by atoms with Gasteiger partial charge in [-0.1, -0.05) is 36.5 Å². The third kappa shape index (κ3) is 3.08. The van der Waals surface area contributed by atoms with Crippen molar-refractivity contribution in [2.45, 2.75) is 26.2 Å². The van der Waals surface area contributed by atoms with Gasteiger partial charge in [0, 0.05) is 0 Å². The summed E-state index contributed by atoms with van der Waals surface area (Å²) in [5, 5.41) is 3.50. The van der Waals surface area contributed by atoms with Crippen LogP contribution in [0.25, 0.3) is 0 Å². The van der Waals surface area contributed by atoms with Gasteiger partial charge in [-0.2, -0.15) is 0 Å². The fourth-order valence-electron chi connectivity index (χ4n) is 3.07. The molecule has 0 aromatic heterocycles. The normalized spacial score (nSPS) is 34.7. The van der Waals surface area contributed by atoms with Gasteiger partial charge in [-0.05, 0) is 57.0 Å². The molecule has 2 rings (SSSR count). The average molecular weight is 217 g/mol. The van der Waals surface area contributed by atoms with Crippen LogP contribution in [0.4, 0.5) is 0 Å². The van der Waals surface area contributed by atoms with E-state index in [-0.39, 0.29) is 0 Å². The van der Waals surface area contributed by atoms with E-state index in [1.165, 1.54) is 32.4 Å². The summed E-state index contributed by atoms with van der Waals surface area (Å²) in [5.74, 6) is 2.91. The second-order valence-corrected chi connectivity index (χ2v) is 5.09. The van der Waals surface area contributed by atoms with Gasteiger partial charge in [-0.15, -0.1) is 0 Å². The SMILES string of the molecule is C\C=C/C=C\C=C\CC1CC2CNCC2C1. The summed E-state index contributed by atoms with van der Waals surface area (Å²) < 4.78 is 0. The first-order valence-electron chi connectivity index (χ1n) is 6.55. The largest absolute Gasteiger partial charge is 0.316 e. The Morgan fingerprint density at radius 2 is 1.69 bits per heavy atom. The molecule has 0 amide bonds. The molecular formula is C15H23N. The van der Waals surface area contributed by atoms with Crippen molar-refractivity contribution < 1.29 is 0 Å². The van der Waals surface area contributed by atoms with E-state index in [9.17, 15) is 0 Å². The van der Waals surface area contributed by atoms with Gasteiger partial charge >= 0.3 is 0 Å². The lowest BCUT2D eigenvalue weighted by Crippen LogP contribution is -2.11. The van der Waals surface area contributed by atoms with Gasteiger partial charge in [0.15, 0.2) is 0 Å². The van der Waals surface area contributed by atoms with E-state index < -0.39 is 0 Å². The lowest BCUT2D eigenvalue weighted by atomic mass is 10.0. The van der Waals surface area contributed by atoms with Crippen LogP contribution >= 0.6 is 0 Å². The van der Waals surface area contributed by atoms with Gasteiger partial charge in [0.2, 0.25) is 0 Å². The number of hydrogen-bond acceptors (Lipinski definition) is 1. The lowest BCUT2D eigenvalue weighted by Gasteiger charge is -2.07. The fraction of sp³-hybridized carbons (Fsp3) is 0.600. The van der Waals surface area contributed by atoms with E-state index in [0.717, 1.165) is 17.8 Å². The minimum atomic E-state index is 0.948. The quantitative estimate of drug-likeness (QED) is 0.712. The molecule has 2 unspecified atom stereocenters. The Labute approximate surface area is 99.3 Å². The van der Waals surface area contributed by atoms with Crippen LogP contribution in [0.3, 0.4) is 0 Å². The monoisotopic (exact) mass is 217 g/mol. The maximum Gasteiger partial charge on any atom is -0.00172 e. The average Bonchev–Trinajstić information content (AvgIpc) is 2.83. The van der Waals surface area contributed by atoms with Crippen molar-refractivity contribution in [3.8, 4) is 0 Å². The first kappa shape index (κ1) is 11.7. The van der Waals surface area contributed by atoms with Gasteiger partial charge in [-0.25, -0.2) is 0 Å². The van der Waals surface area contributed by atoms with E-state index in [1.807, 2.05) is 6.92 Å². The summed E-state index contributed by atoms with van der Waals surface area (Å²) in [4.78, 5) is 0. The smallest absolute Gasteiger partial charge is 0.00172 e.